The van der Waals surface area contributed by atoms with Crippen molar-refractivity contribution >= 4 is 0 Å². The summed E-state index contributed by atoms with van der Waals surface area (Å²) in [5.41, 5.74) is 2.85. The lowest BCUT2D eigenvalue weighted by atomic mass is 9.85. The van der Waals surface area contributed by atoms with Crippen molar-refractivity contribution in [2.75, 3.05) is 56.9 Å². The highest BCUT2D eigenvalue weighted by Gasteiger charge is 2.42. The highest BCUT2D eigenvalue weighted by Crippen LogP contribution is 2.53. The first-order valence-corrected chi connectivity index (χ1v) is 14.8. The van der Waals surface area contributed by atoms with Gasteiger partial charge in [0, 0.05) is 6.42 Å². The molecule has 1 heterocycles. The van der Waals surface area contributed by atoms with Gasteiger partial charge in [0.2, 0.25) is 17.2 Å². The molecule has 5 atom stereocenters. The summed E-state index contributed by atoms with van der Waals surface area (Å²) in [7, 11) is 12.8. The van der Waals surface area contributed by atoms with Crippen LogP contribution in [-0.2, 0) is 11.2 Å². The molecule has 0 amide bonds. The number of rotatable bonds is 14. The second kappa shape index (κ2) is 14.7. The normalized spacial score (nSPS) is 19.8. The van der Waals surface area contributed by atoms with Gasteiger partial charge < -0.3 is 47.4 Å². The quantitative estimate of drug-likeness (QED) is 0.189. The van der Waals surface area contributed by atoms with Crippen LogP contribution in [0.3, 0.4) is 0 Å². The Balaban J connectivity index is 1.61. The molecule has 0 N–H and O–H groups in total. The molecular weight excluding hydrogens is 580 g/mol. The third-order valence-electron chi connectivity index (χ3n) is 8.47. The van der Waals surface area contributed by atoms with Crippen LogP contribution in [0.1, 0.15) is 49.7 Å². The van der Waals surface area contributed by atoms with Crippen LogP contribution in [0.2, 0.25) is 0 Å². The lowest BCUT2D eigenvalue weighted by Crippen LogP contribution is -2.17. The molecule has 3 aromatic carbocycles. The molecule has 4 rings (SSSR count). The van der Waals surface area contributed by atoms with E-state index < -0.39 is 0 Å². The molecule has 10 heteroatoms. The Kier molecular flexibility index (Phi) is 11.0. The minimum atomic E-state index is -0.243. The summed E-state index contributed by atoms with van der Waals surface area (Å²) >= 11 is 0. The van der Waals surface area contributed by atoms with Gasteiger partial charge in [-0.3, -0.25) is 0 Å². The Morgan fingerprint density at radius 1 is 0.511 bits per heavy atom. The van der Waals surface area contributed by atoms with Crippen LogP contribution in [0.5, 0.6) is 51.7 Å². The first-order chi connectivity index (χ1) is 21.7. The van der Waals surface area contributed by atoms with Gasteiger partial charge in [0.1, 0.15) is 6.10 Å². The zero-order valence-electron chi connectivity index (χ0n) is 28.1. The van der Waals surface area contributed by atoms with Gasteiger partial charge in [0.15, 0.2) is 34.5 Å². The molecule has 1 aliphatic rings. The maximum Gasteiger partial charge on any atom is 0.203 e. The molecule has 0 bridgehead atoms. The molecular formula is C35H46O10. The summed E-state index contributed by atoms with van der Waals surface area (Å²) in [5, 5.41) is 0. The van der Waals surface area contributed by atoms with E-state index in [0.29, 0.717) is 58.2 Å². The van der Waals surface area contributed by atoms with Crippen LogP contribution in [0, 0.1) is 11.8 Å². The van der Waals surface area contributed by atoms with E-state index in [9.17, 15) is 0 Å². The Morgan fingerprint density at radius 3 is 1.18 bits per heavy atom. The van der Waals surface area contributed by atoms with Crippen molar-refractivity contribution in [3.05, 3.63) is 53.1 Å². The molecule has 0 spiro atoms. The van der Waals surface area contributed by atoms with Gasteiger partial charge in [-0.25, -0.2) is 0 Å². The van der Waals surface area contributed by atoms with E-state index in [0.717, 1.165) is 16.7 Å². The Labute approximate surface area is 266 Å². The molecule has 1 fully saturated rings. The number of benzene rings is 3. The Hall–Kier alpha value is -4.18. The topological polar surface area (TPSA) is 92.3 Å². The van der Waals surface area contributed by atoms with Gasteiger partial charge in [0.05, 0.1) is 69.1 Å². The monoisotopic (exact) mass is 626 g/mol. The Bertz CT molecular complexity index is 1380. The summed E-state index contributed by atoms with van der Waals surface area (Å²) in [4.78, 5) is 0. The third kappa shape index (κ3) is 6.76. The van der Waals surface area contributed by atoms with Gasteiger partial charge in [0.25, 0.3) is 0 Å². The van der Waals surface area contributed by atoms with Crippen molar-refractivity contribution in [3.8, 4) is 51.7 Å². The highest BCUT2D eigenvalue weighted by atomic mass is 16.6. The minimum Gasteiger partial charge on any atom is -0.493 e. The third-order valence-corrected chi connectivity index (χ3v) is 8.47. The predicted molar refractivity (Wildman–Crippen MR) is 170 cm³/mol. The molecule has 0 aliphatic carbocycles. The molecule has 1 saturated heterocycles. The number of hydrogen-bond donors (Lipinski definition) is 0. The molecule has 246 valence electrons. The SMILES string of the molecule is COc1cc(CC(C)Oc2c(OC)cc(C3OC(c4cc(OC)c(OC)c(OC)c4)C(C)C3C)cc2OC)cc(OC)c1OC. The molecule has 5 unspecified atom stereocenters. The van der Waals surface area contributed by atoms with Gasteiger partial charge in [-0.05, 0) is 71.8 Å². The lowest BCUT2D eigenvalue weighted by molar-refractivity contribution is 0.0285. The van der Waals surface area contributed by atoms with Crippen LogP contribution >= 0.6 is 0 Å². The molecule has 0 aromatic heterocycles. The summed E-state index contributed by atoms with van der Waals surface area (Å²) in [6.45, 7) is 6.37. The van der Waals surface area contributed by atoms with E-state index in [-0.39, 0.29) is 30.1 Å². The largest absolute Gasteiger partial charge is 0.493 e. The molecule has 10 nitrogen and oxygen atoms in total. The van der Waals surface area contributed by atoms with Gasteiger partial charge in [-0.1, -0.05) is 13.8 Å². The molecule has 0 saturated carbocycles. The van der Waals surface area contributed by atoms with Gasteiger partial charge >= 0.3 is 0 Å². The van der Waals surface area contributed by atoms with Crippen molar-refractivity contribution in [2.45, 2.75) is 45.5 Å². The van der Waals surface area contributed by atoms with Crippen LogP contribution < -0.4 is 42.6 Å². The van der Waals surface area contributed by atoms with E-state index >= 15 is 0 Å². The average molecular weight is 627 g/mol. The van der Waals surface area contributed by atoms with E-state index in [1.807, 2.05) is 43.3 Å². The maximum absolute atomic E-state index is 6.75. The van der Waals surface area contributed by atoms with Crippen LogP contribution in [0.4, 0.5) is 0 Å². The van der Waals surface area contributed by atoms with Gasteiger partial charge in [-0.2, -0.15) is 0 Å². The fraction of sp³-hybridized carbons (Fsp3) is 0.486. The van der Waals surface area contributed by atoms with Crippen molar-refractivity contribution < 1.29 is 47.4 Å². The summed E-state index contributed by atoms with van der Waals surface area (Å²) in [6.07, 6.45) is -0.100. The van der Waals surface area contributed by atoms with Crippen molar-refractivity contribution in [2.24, 2.45) is 11.8 Å². The van der Waals surface area contributed by atoms with E-state index in [4.69, 9.17) is 47.4 Å². The number of hydrogen-bond acceptors (Lipinski definition) is 10. The summed E-state index contributed by atoms with van der Waals surface area (Å²) in [6, 6.07) is 11.7. The van der Waals surface area contributed by atoms with E-state index in [2.05, 4.69) is 13.8 Å². The molecule has 3 aromatic rings. The maximum atomic E-state index is 6.75. The average Bonchev–Trinajstić information content (AvgIpc) is 3.36. The Morgan fingerprint density at radius 2 is 0.844 bits per heavy atom. The standard InChI is InChI=1S/C35H46O10/c1-19(12-22-13-25(36-4)33(42-10)26(14-22)37-5)44-35-29(40-8)17-24(18-30(35)41-9)32-21(3)20(2)31(45-32)23-15-27(38-6)34(43-11)28(16-23)39-7/h13-21,31-32H,12H2,1-11H3. The molecule has 1 aliphatic heterocycles. The minimum absolute atomic E-state index is 0.175. The number of ether oxygens (including phenoxy) is 10. The van der Waals surface area contributed by atoms with E-state index in [1.54, 1.807) is 56.9 Å². The number of methoxy groups -OCH3 is 8. The zero-order valence-corrected chi connectivity index (χ0v) is 28.1. The van der Waals surface area contributed by atoms with Crippen molar-refractivity contribution in [1.82, 2.24) is 0 Å². The van der Waals surface area contributed by atoms with Crippen molar-refractivity contribution in [3.63, 3.8) is 0 Å². The first kappa shape index (κ1) is 33.7. The lowest BCUT2D eigenvalue weighted by Gasteiger charge is -2.23. The van der Waals surface area contributed by atoms with Crippen LogP contribution in [0.25, 0.3) is 0 Å². The highest BCUT2D eigenvalue weighted by molar-refractivity contribution is 5.57. The van der Waals surface area contributed by atoms with Crippen LogP contribution in [-0.4, -0.2) is 63.0 Å². The summed E-state index contributed by atoms with van der Waals surface area (Å²) < 4.78 is 58.1. The van der Waals surface area contributed by atoms with E-state index in [1.165, 1.54) is 0 Å². The van der Waals surface area contributed by atoms with Crippen molar-refractivity contribution in [1.29, 1.82) is 0 Å². The second-order valence-electron chi connectivity index (χ2n) is 11.1. The van der Waals surface area contributed by atoms with Crippen LogP contribution in [0.15, 0.2) is 36.4 Å². The second-order valence-corrected chi connectivity index (χ2v) is 11.1. The predicted octanol–water partition coefficient (Wildman–Crippen LogP) is 6.85. The fourth-order valence-corrected chi connectivity index (χ4v) is 6.00. The fourth-order valence-electron chi connectivity index (χ4n) is 6.00. The molecule has 45 heavy (non-hydrogen) atoms. The molecule has 0 radical (unpaired) electrons. The van der Waals surface area contributed by atoms with Gasteiger partial charge in [-0.15, -0.1) is 0 Å². The first-order valence-electron chi connectivity index (χ1n) is 14.8. The summed E-state index contributed by atoms with van der Waals surface area (Å²) in [5.74, 6) is 5.42. The smallest absolute Gasteiger partial charge is 0.203 e. The zero-order chi connectivity index (χ0) is 32.8.